The van der Waals surface area contributed by atoms with Gasteiger partial charge in [-0.1, -0.05) is 35.1 Å². The summed E-state index contributed by atoms with van der Waals surface area (Å²) in [7, 11) is 0. The Kier molecular flexibility index (Phi) is 3.55. The smallest absolute Gasteiger partial charge is 0.207 e. The van der Waals surface area contributed by atoms with Crippen LogP contribution < -0.4 is 0 Å². The van der Waals surface area contributed by atoms with E-state index in [1.54, 1.807) is 16.6 Å². The molecule has 0 atom stereocenters. The molecule has 4 aromatic rings. The van der Waals surface area contributed by atoms with E-state index in [4.69, 9.17) is 11.6 Å². The standard InChI is InChI=1S/C16H10ClFN4S/c17-12-5-1-10(2-6-12)9-14-21-22-15(19-20-16(22)23-14)11-3-7-13(18)8-4-11/h1-8H,9H2. The van der Waals surface area contributed by atoms with Gasteiger partial charge in [-0.25, -0.2) is 4.39 Å². The molecule has 7 heteroatoms. The highest BCUT2D eigenvalue weighted by molar-refractivity contribution is 7.16. The average molecular weight is 345 g/mol. The largest absolute Gasteiger partial charge is 0.234 e. The van der Waals surface area contributed by atoms with Crippen molar-refractivity contribution in [3.8, 4) is 11.4 Å². The number of benzene rings is 2. The van der Waals surface area contributed by atoms with Crippen molar-refractivity contribution in [2.75, 3.05) is 0 Å². The molecule has 0 saturated carbocycles. The van der Waals surface area contributed by atoms with Gasteiger partial charge in [-0.05, 0) is 42.0 Å². The maximum atomic E-state index is 13.1. The molecule has 0 unspecified atom stereocenters. The SMILES string of the molecule is Fc1ccc(-c2nnc3sc(Cc4ccc(Cl)cc4)nn23)cc1. The molecule has 23 heavy (non-hydrogen) atoms. The molecule has 0 aliphatic heterocycles. The molecule has 0 fully saturated rings. The van der Waals surface area contributed by atoms with Crippen LogP contribution in [0, 0.1) is 5.82 Å². The van der Waals surface area contributed by atoms with E-state index >= 15 is 0 Å². The Labute approximate surface area is 140 Å². The summed E-state index contributed by atoms with van der Waals surface area (Å²) in [5, 5.41) is 14.5. The average Bonchev–Trinajstić information content (AvgIpc) is 3.11. The van der Waals surface area contributed by atoms with Crippen molar-refractivity contribution in [2.45, 2.75) is 6.42 Å². The minimum absolute atomic E-state index is 0.281. The third-order valence-corrected chi connectivity index (χ3v) is 4.55. The Balaban J connectivity index is 1.68. The van der Waals surface area contributed by atoms with Gasteiger partial charge in [0.25, 0.3) is 0 Å². The second-order valence-electron chi connectivity index (χ2n) is 5.02. The quantitative estimate of drug-likeness (QED) is 0.558. The van der Waals surface area contributed by atoms with Gasteiger partial charge in [0.2, 0.25) is 4.96 Å². The van der Waals surface area contributed by atoms with E-state index in [-0.39, 0.29) is 5.82 Å². The molecular weight excluding hydrogens is 335 g/mol. The van der Waals surface area contributed by atoms with Crippen LogP contribution in [-0.4, -0.2) is 19.8 Å². The molecule has 0 aliphatic carbocycles. The number of hydrogen-bond acceptors (Lipinski definition) is 4. The van der Waals surface area contributed by atoms with Gasteiger partial charge < -0.3 is 0 Å². The van der Waals surface area contributed by atoms with Gasteiger partial charge in [0.15, 0.2) is 5.82 Å². The number of rotatable bonds is 3. The summed E-state index contributed by atoms with van der Waals surface area (Å²) in [6, 6.07) is 13.8. The fourth-order valence-corrected chi connectivity index (χ4v) is 3.28. The number of halogens is 2. The molecule has 0 amide bonds. The van der Waals surface area contributed by atoms with Gasteiger partial charge in [-0.15, -0.1) is 10.2 Å². The van der Waals surface area contributed by atoms with Crippen LogP contribution in [0.5, 0.6) is 0 Å². The second-order valence-corrected chi connectivity index (χ2v) is 6.50. The summed E-state index contributed by atoms with van der Waals surface area (Å²) in [5.74, 6) is 0.329. The first-order chi connectivity index (χ1) is 11.2. The van der Waals surface area contributed by atoms with Gasteiger partial charge in [-0.3, -0.25) is 0 Å². The lowest BCUT2D eigenvalue weighted by Crippen LogP contribution is -1.93. The summed E-state index contributed by atoms with van der Waals surface area (Å²) < 4.78 is 14.7. The number of nitrogens with zero attached hydrogens (tertiary/aromatic N) is 4. The molecule has 0 saturated heterocycles. The predicted octanol–water partition coefficient (Wildman–Crippen LogP) is 4.24. The second kappa shape index (κ2) is 5.72. The van der Waals surface area contributed by atoms with E-state index in [1.165, 1.54) is 23.5 Å². The van der Waals surface area contributed by atoms with Gasteiger partial charge in [-0.2, -0.15) is 9.61 Å². The molecular formula is C16H10ClFN4S. The number of hydrogen-bond donors (Lipinski definition) is 0. The Morgan fingerprint density at radius 2 is 1.74 bits per heavy atom. The summed E-state index contributed by atoms with van der Waals surface area (Å²) in [6.45, 7) is 0. The maximum absolute atomic E-state index is 13.1. The van der Waals surface area contributed by atoms with Crippen molar-refractivity contribution in [1.82, 2.24) is 19.8 Å². The Bertz CT molecular complexity index is 960. The zero-order valence-electron chi connectivity index (χ0n) is 11.8. The molecule has 4 rings (SSSR count). The van der Waals surface area contributed by atoms with Crippen LogP contribution >= 0.6 is 22.9 Å². The molecule has 0 spiro atoms. The highest BCUT2D eigenvalue weighted by Gasteiger charge is 2.13. The first kappa shape index (κ1) is 14.3. The van der Waals surface area contributed by atoms with Gasteiger partial charge >= 0.3 is 0 Å². The van der Waals surface area contributed by atoms with Crippen LogP contribution in [0.2, 0.25) is 5.02 Å². The van der Waals surface area contributed by atoms with Crippen molar-refractivity contribution >= 4 is 27.9 Å². The molecule has 114 valence electrons. The molecule has 0 N–H and O–H groups in total. The fourth-order valence-electron chi connectivity index (χ4n) is 2.28. The summed E-state index contributed by atoms with van der Waals surface area (Å²) in [6.07, 6.45) is 0.702. The lowest BCUT2D eigenvalue weighted by molar-refractivity contribution is 0.628. The van der Waals surface area contributed by atoms with Crippen molar-refractivity contribution in [2.24, 2.45) is 0 Å². The minimum atomic E-state index is -0.281. The molecule has 2 heterocycles. The van der Waals surface area contributed by atoms with Gasteiger partial charge in [0.05, 0.1) is 0 Å². The summed E-state index contributed by atoms with van der Waals surface area (Å²) in [5.41, 5.74) is 1.91. The Morgan fingerprint density at radius 3 is 2.48 bits per heavy atom. The monoisotopic (exact) mass is 344 g/mol. The molecule has 0 bridgehead atoms. The summed E-state index contributed by atoms with van der Waals surface area (Å²) >= 11 is 7.39. The minimum Gasteiger partial charge on any atom is -0.207 e. The lowest BCUT2D eigenvalue weighted by atomic mass is 10.2. The van der Waals surface area contributed by atoms with Crippen LogP contribution in [0.3, 0.4) is 0 Å². The highest BCUT2D eigenvalue weighted by atomic mass is 35.5. The van der Waals surface area contributed by atoms with Crippen molar-refractivity contribution in [3.05, 3.63) is 69.9 Å². The van der Waals surface area contributed by atoms with Crippen LogP contribution in [0.1, 0.15) is 10.6 Å². The highest BCUT2D eigenvalue weighted by Crippen LogP contribution is 2.23. The van der Waals surface area contributed by atoms with E-state index in [9.17, 15) is 4.39 Å². The van der Waals surface area contributed by atoms with Gasteiger partial charge in [0.1, 0.15) is 10.8 Å². The summed E-state index contributed by atoms with van der Waals surface area (Å²) in [4.78, 5) is 0.716. The molecule has 2 aromatic heterocycles. The Morgan fingerprint density at radius 1 is 1.00 bits per heavy atom. The topological polar surface area (TPSA) is 43.1 Å². The van der Waals surface area contributed by atoms with Crippen LogP contribution in [0.25, 0.3) is 16.3 Å². The predicted molar refractivity (Wildman–Crippen MR) is 88.3 cm³/mol. The van der Waals surface area contributed by atoms with Gasteiger partial charge in [0, 0.05) is 17.0 Å². The van der Waals surface area contributed by atoms with Crippen molar-refractivity contribution in [3.63, 3.8) is 0 Å². The Hall–Kier alpha value is -2.31. The molecule has 0 aliphatic rings. The molecule has 0 radical (unpaired) electrons. The van der Waals surface area contributed by atoms with E-state index < -0.39 is 0 Å². The first-order valence-electron chi connectivity index (χ1n) is 6.90. The van der Waals surface area contributed by atoms with E-state index in [0.717, 1.165) is 16.1 Å². The molecule has 4 nitrogen and oxygen atoms in total. The van der Waals surface area contributed by atoms with Crippen molar-refractivity contribution < 1.29 is 4.39 Å². The lowest BCUT2D eigenvalue weighted by Gasteiger charge is -1.98. The van der Waals surface area contributed by atoms with Crippen LogP contribution in [0.15, 0.2) is 48.5 Å². The zero-order valence-corrected chi connectivity index (χ0v) is 13.4. The fraction of sp³-hybridized carbons (Fsp3) is 0.0625. The van der Waals surface area contributed by atoms with E-state index in [1.807, 2.05) is 24.3 Å². The first-order valence-corrected chi connectivity index (χ1v) is 8.10. The number of aromatic nitrogens is 4. The molecule has 2 aromatic carbocycles. The third kappa shape index (κ3) is 2.83. The van der Waals surface area contributed by atoms with Crippen molar-refractivity contribution in [1.29, 1.82) is 0 Å². The van der Waals surface area contributed by atoms with Crippen LogP contribution in [0.4, 0.5) is 4.39 Å². The maximum Gasteiger partial charge on any atom is 0.234 e. The third-order valence-electron chi connectivity index (χ3n) is 3.40. The van der Waals surface area contributed by atoms with Crippen LogP contribution in [-0.2, 0) is 6.42 Å². The normalized spacial score (nSPS) is 11.2. The van der Waals surface area contributed by atoms with E-state index in [0.29, 0.717) is 22.2 Å². The van der Waals surface area contributed by atoms with E-state index in [2.05, 4.69) is 15.3 Å². The zero-order chi connectivity index (χ0) is 15.8. The number of fused-ring (bicyclic) bond motifs is 1.